The van der Waals surface area contributed by atoms with Crippen molar-refractivity contribution in [3.8, 4) is 11.5 Å². The van der Waals surface area contributed by atoms with E-state index in [1.165, 1.54) is 116 Å². The molecule has 0 aliphatic rings. The summed E-state index contributed by atoms with van der Waals surface area (Å²) >= 11 is 0. The van der Waals surface area contributed by atoms with E-state index in [0.29, 0.717) is 24.6 Å². The molecule has 0 amide bonds. The van der Waals surface area contributed by atoms with E-state index in [1.54, 1.807) is 0 Å². The standard InChI is InChI=1S/C36H68N2O4/c1-3-5-7-9-11-13-15-17-19-21-27-37-29-33(39)31-41-35-23-25-36(26-24-35)42-32-34(40)30-38-28-22-20-18-16-14-12-10-8-6-4-2/h23-26,33-34,37-40H,3-22,27-32H2,1-2H3. The van der Waals surface area contributed by atoms with Crippen LogP contribution in [0, 0.1) is 0 Å². The molecule has 0 saturated heterocycles. The fourth-order valence-electron chi connectivity index (χ4n) is 5.15. The van der Waals surface area contributed by atoms with Gasteiger partial charge in [0.25, 0.3) is 0 Å². The fraction of sp³-hybridized carbons (Fsp3) is 0.833. The van der Waals surface area contributed by atoms with Crippen LogP contribution in [-0.4, -0.2) is 61.8 Å². The number of nitrogens with one attached hydrogen (secondary N) is 2. The maximum absolute atomic E-state index is 10.2. The van der Waals surface area contributed by atoms with Crippen LogP contribution < -0.4 is 20.1 Å². The van der Waals surface area contributed by atoms with Crippen LogP contribution >= 0.6 is 0 Å². The van der Waals surface area contributed by atoms with Gasteiger partial charge in [0.15, 0.2) is 0 Å². The minimum atomic E-state index is -0.535. The molecule has 246 valence electrons. The maximum Gasteiger partial charge on any atom is 0.119 e. The Morgan fingerprint density at radius 2 is 0.762 bits per heavy atom. The zero-order chi connectivity index (χ0) is 30.4. The minimum Gasteiger partial charge on any atom is -0.491 e. The number of hydrogen-bond donors (Lipinski definition) is 4. The van der Waals surface area contributed by atoms with Crippen molar-refractivity contribution in [2.75, 3.05) is 39.4 Å². The quantitative estimate of drug-likeness (QED) is 0.0632. The van der Waals surface area contributed by atoms with E-state index in [0.717, 1.165) is 25.9 Å². The van der Waals surface area contributed by atoms with E-state index < -0.39 is 12.2 Å². The summed E-state index contributed by atoms with van der Waals surface area (Å²) in [5.74, 6) is 1.41. The van der Waals surface area contributed by atoms with Crippen LogP contribution in [0.1, 0.15) is 142 Å². The van der Waals surface area contributed by atoms with E-state index in [-0.39, 0.29) is 13.2 Å². The van der Waals surface area contributed by atoms with E-state index >= 15 is 0 Å². The molecule has 0 spiro atoms. The summed E-state index contributed by atoms with van der Waals surface area (Å²) < 4.78 is 11.5. The van der Waals surface area contributed by atoms with Crippen LogP contribution in [0.2, 0.25) is 0 Å². The van der Waals surface area contributed by atoms with Gasteiger partial charge in [-0.3, -0.25) is 0 Å². The Morgan fingerprint density at radius 1 is 0.476 bits per heavy atom. The van der Waals surface area contributed by atoms with E-state index in [1.807, 2.05) is 24.3 Å². The average molecular weight is 593 g/mol. The molecule has 42 heavy (non-hydrogen) atoms. The largest absolute Gasteiger partial charge is 0.491 e. The molecule has 0 saturated carbocycles. The topological polar surface area (TPSA) is 83.0 Å². The van der Waals surface area contributed by atoms with Crippen molar-refractivity contribution in [2.24, 2.45) is 0 Å². The highest BCUT2D eigenvalue weighted by molar-refractivity contribution is 5.31. The smallest absolute Gasteiger partial charge is 0.119 e. The summed E-state index contributed by atoms with van der Waals surface area (Å²) in [5.41, 5.74) is 0. The molecule has 0 bridgehead atoms. The first-order chi connectivity index (χ1) is 20.7. The minimum absolute atomic E-state index is 0.259. The van der Waals surface area contributed by atoms with E-state index in [4.69, 9.17) is 9.47 Å². The maximum atomic E-state index is 10.2. The van der Waals surface area contributed by atoms with Crippen molar-refractivity contribution in [1.82, 2.24) is 10.6 Å². The van der Waals surface area contributed by atoms with Gasteiger partial charge in [0.1, 0.15) is 36.9 Å². The lowest BCUT2D eigenvalue weighted by Crippen LogP contribution is -2.32. The number of hydrogen-bond acceptors (Lipinski definition) is 6. The average Bonchev–Trinajstić information content (AvgIpc) is 3.00. The Kier molecular flexibility index (Phi) is 27.4. The second-order valence-electron chi connectivity index (χ2n) is 12.2. The molecule has 6 nitrogen and oxygen atoms in total. The van der Waals surface area contributed by atoms with Gasteiger partial charge in [-0.2, -0.15) is 0 Å². The lowest BCUT2D eigenvalue weighted by atomic mass is 10.1. The zero-order valence-electron chi connectivity index (χ0n) is 27.6. The molecule has 0 heterocycles. The van der Waals surface area contributed by atoms with Crippen molar-refractivity contribution in [1.29, 1.82) is 0 Å². The number of benzene rings is 1. The molecule has 6 heteroatoms. The SMILES string of the molecule is CCCCCCCCCCCCNCC(O)COc1ccc(OCC(O)CNCCCCCCCCCCCC)cc1. The van der Waals surface area contributed by atoms with Crippen molar-refractivity contribution >= 4 is 0 Å². The van der Waals surface area contributed by atoms with Crippen LogP contribution in [0.4, 0.5) is 0 Å². The zero-order valence-corrected chi connectivity index (χ0v) is 27.6. The fourth-order valence-corrected chi connectivity index (χ4v) is 5.15. The van der Waals surface area contributed by atoms with Crippen LogP contribution in [0.15, 0.2) is 24.3 Å². The third-order valence-electron chi connectivity index (χ3n) is 7.88. The molecule has 0 fully saturated rings. The van der Waals surface area contributed by atoms with E-state index in [9.17, 15) is 10.2 Å². The van der Waals surface area contributed by atoms with Gasteiger partial charge in [0, 0.05) is 13.1 Å². The van der Waals surface area contributed by atoms with Gasteiger partial charge in [-0.25, -0.2) is 0 Å². The third-order valence-corrected chi connectivity index (χ3v) is 7.88. The highest BCUT2D eigenvalue weighted by Gasteiger charge is 2.07. The molecular formula is C36H68N2O4. The molecule has 0 aliphatic carbocycles. The molecule has 1 aromatic rings. The highest BCUT2D eigenvalue weighted by atomic mass is 16.5. The number of ether oxygens (including phenoxy) is 2. The molecule has 2 unspecified atom stereocenters. The van der Waals surface area contributed by atoms with Gasteiger partial charge in [-0.1, -0.05) is 129 Å². The lowest BCUT2D eigenvalue weighted by molar-refractivity contribution is 0.104. The molecule has 0 aliphatic heterocycles. The Morgan fingerprint density at radius 3 is 1.07 bits per heavy atom. The summed E-state index contributed by atoms with van der Waals surface area (Å²) in [6, 6.07) is 7.37. The van der Waals surface area contributed by atoms with Gasteiger partial charge < -0.3 is 30.3 Å². The monoisotopic (exact) mass is 593 g/mol. The Balaban J connectivity index is 1.95. The second kappa shape index (κ2) is 29.7. The Labute approximate surface area is 259 Å². The molecule has 0 aromatic heterocycles. The van der Waals surface area contributed by atoms with Gasteiger partial charge in [0.05, 0.1) is 0 Å². The molecule has 0 radical (unpaired) electrons. The van der Waals surface area contributed by atoms with Gasteiger partial charge >= 0.3 is 0 Å². The third kappa shape index (κ3) is 25.2. The number of aliphatic hydroxyl groups excluding tert-OH is 2. The van der Waals surface area contributed by atoms with Crippen molar-refractivity contribution in [3.05, 3.63) is 24.3 Å². The first kappa shape index (κ1) is 38.7. The summed E-state index contributed by atoms with van der Waals surface area (Å²) in [7, 11) is 0. The van der Waals surface area contributed by atoms with Crippen LogP contribution in [-0.2, 0) is 0 Å². The number of unbranched alkanes of at least 4 members (excludes halogenated alkanes) is 18. The van der Waals surface area contributed by atoms with Crippen LogP contribution in [0.5, 0.6) is 11.5 Å². The van der Waals surface area contributed by atoms with Crippen molar-refractivity contribution in [2.45, 2.75) is 154 Å². The summed E-state index contributed by atoms with van der Waals surface area (Å²) in [4.78, 5) is 0. The van der Waals surface area contributed by atoms with Gasteiger partial charge in [-0.05, 0) is 50.2 Å². The van der Waals surface area contributed by atoms with Crippen LogP contribution in [0.25, 0.3) is 0 Å². The van der Waals surface area contributed by atoms with Crippen LogP contribution in [0.3, 0.4) is 0 Å². The van der Waals surface area contributed by atoms with Gasteiger partial charge in [-0.15, -0.1) is 0 Å². The molecule has 4 N–H and O–H groups in total. The van der Waals surface area contributed by atoms with Crippen molar-refractivity contribution < 1.29 is 19.7 Å². The predicted octanol–water partition coefficient (Wildman–Crippen LogP) is 8.19. The lowest BCUT2D eigenvalue weighted by Gasteiger charge is -2.15. The number of rotatable bonds is 32. The number of aliphatic hydroxyl groups is 2. The first-order valence-electron chi connectivity index (χ1n) is 17.8. The highest BCUT2D eigenvalue weighted by Crippen LogP contribution is 2.18. The molecule has 2 atom stereocenters. The second-order valence-corrected chi connectivity index (χ2v) is 12.2. The molecule has 1 rings (SSSR count). The van der Waals surface area contributed by atoms with Gasteiger partial charge in [0.2, 0.25) is 0 Å². The summed E-state index contributed by atoms with van der Waals surface area (Å²) in [6.45, 7) is 8.03. The van der Waals surface area contributed by atoms with E-state index in [2.05, 4.69) is 24.5 Å². The summed E-state index contributed by atoms with van der Waals surface area (Å²) in [6.07, 6.45) is 25.6. The predicted molar refractivity (Wildman–Crippen MR) is 179 cm³/mol. The first-order valence-corrected chi connectivity index (χ1v) is 17.8. The normalized spacial score (nSPS) is 12.9. The molecule has 1 aromatic carbocycles. The Bertz CT molecular complexity index is 616. The van der Waals surface area contributed by atoms with Crippen molar-refractivity contribution in [3.63, 3.8) is 0 Å². The molecular weight excluding hydrogens is 524 g/mol. The Hall–Kier alpha value is -1.34. The summed E-state index contributed by atoms with van der Waals surface area (Å²) in [5, 5.41) is 27.1.